The predicted molar refractivity (Wildman–Crippen MR) is 229 cm³/mol. The van der Waals surface area contributed by atoms with Crippen molar-refractivity contribution in [3.63, 3.8) is 0 Å². The maximum absolute atomic E-state index is 6.68. The highest BCUT2D eigenvalue weighted by molar-refractivity contribution is 6.13. The first-order chi connectivity index (χ1) is 27.7. The molecule has 0 radical (unpaired) electrons. The number of hydrogen-bond acceptors (Lipinski definition) is 4. The average Bonchev–Trinajstić information content (AvgIpc) is 3.82. The molecule has 0 atom stereocenters. The molecule has 3 aromatic heterocycles. The molecule has 0 aliphatic heterocycles. The molecule has 262 valence electrons. The van der Waals surface area contributed by atoms with Crippen LogP contribution in [0.4, 0.5) is 0 Å². The fourth-order valence-corrected chi connectivity index (χ4v) is 7.93. The second kappa shape index (κ2) is 13.0. The SMILES string of the molecule is c1ccc(-c2ccc(-c3nc(-c4ccccc4)nc(-c4ccc5c(c4)c4ccccc4n5-c4cccc5c4oc4ccc(-c6ccccc6)cc45)n3)cc2)cc1. The summed E-state index contributed by atoms with van der Waals surface area (Å²) in [5.74, 6) is 1.88. The molecule has 3 heterocycles. The minimum Gasteiger partial charge on any atom is -0.454 e. The van der Waals surface area contributed by atoms with Gasteiger partial charge in [-0.05, 0) is 64.7 Å². The molecular weight excluding hydrogens is 685 g/mol. The van der Waals surface area contributed by atoms with E-state index in [0.29, 0.717) is 17.5 Å². The lowest BCUT2D eigenvalue weighted by molar-refractivity contribution is 0.666. The van der Waals surface area contributed by atoms with Crippen molar-refractivity contribution in [1.82, 2.24) is 19.5 Å². The molecule has 0 unspecified atom stereocenters. The summed E-state index contributed by atoms with van der Waals surface area (Å²) in [6, 6.07) is 67.4. The Hall–Kier alpha value is -7.63. The summed E-state index contributed by atoms with van der Waals surface area (Å²) in [7, 11) is 0. The van der Waals surface area contributed by atoms with Gasteiger partial charge < -0.3 is 8.98 Å². The Balaban J connectivity index is 1.06. The summed E-state index contributed by atoms with van der Waals surface area (Å²) in [5.41, 5.74) is 12.3. The van der Waals surface area contributed by atoms with E-state index in [1.807, 2.05) is 42.5 Å². The van der Waals surface area contributed by atoms with Gasteiger partial charge in [0.15, 0.2) is 23.1 Å². The fourth-order valence-electron chi connectivity index (χ4n) is 7.93. The predicted octanol–water partition coefficient (Wildman–Crippen LogP) is 13.2. The van der Waals surface area contributed by atoms with Gasteiger partial charge in [-0.25, -0.2) is 15.0 Å². The van der Waals surface area contributed by atoms with Crippen molar-refractivity contribution in [2.24, 2.45) is 0 Å². The van der Waals surface area contributed by atoms with Crippen LogP contribution in [0.25, 0.3) is 106 Å². The van der Waals surface area contributed by atoms with E-state index in [4.69, 9.17) is 19.4 Å². The number of furan rings is 1. The van der Waals surface area contributed by atoms with Gasteiger partial charge in [0.2, 0.25) is 0 Å². The quantitative estimate of drug-likeness (QED) is 0.172. The van der Waals surface area contributed by atoms with Gasteiger partial charge in [0.1, 0.15) is 5.58 Å². The minimum absolute atomic E-state index is 0.619. The number of nitrogens with zero attached hydrogens (tertiary/aromatic N) is 4. The molecule has 0 amide bonds. The lowest BCUT2D eigenvalue weighted by atomic mass is 10.0. The Bertz CT molecular complexity index is 3220. The van der Waals surface area contributed by atoms with Gasteiger partial charge in [-0.3, -0.25) is 0 Å². The third kappa shape index (κ3) is 5.37. The smallest absolute Gasteiger partial charge is 0.164 e. The molecule has 5 heteroatoms. The van der Waals surface area contributed by atoms with Crippen LogP contribution in [0.15, 0.2) is 199 Å². The third-order valence-electron chi connectivity index (χ3n) is 10.7. The molecule has 0 saturated heterocycles. The van der Waals surface area contributed by atoms with Crippen LogP contribution in [0.3, 0.4) is 0 Å². The normalized spacial score (nSPS) is 11.6. The summed E-state index contributed by atoms with van der Waals surface area (Å²) >= 11 is 0. The number of para-hydroxylation sites is 2. The molecule has 0 aliphatic carbocycles. The van der Waals surface area contributed by atoms with Crippen molar-refractivity contribution in [2.45, 2.75) is 0 Å². The number of fused-ring (bicyclic) bond motifs is 6. The molecule has 0 bridgehead atoms. The number of hydrogen-bond donors (Lipinski definition) is 0. The van der Waals surface area contributed by atoms with Crippen LogP contribution in [0.5, 0.6) is 0 Å². The van der Waals surface area contributed by atoms with Crippen LogP contribution < -0.4 is 0 Å². The Labute approximate surface area is 322 Å². The van der Waals surface area contributed by atoms with E-state index < -0.39 is 0 Å². The van der Waals surface area contributed by atoms with E-state index >= 15 is 0 Å². The molecule has 11 rings (SSSR count). The van der Waals surface area contributed by atoms with Crippen LogP contribution in [0, 0.1) is 0 Å². The highest BCUT2D eigenvalue weighted by atomic mass is 16.3. The number of rotatable bonds is 6. The maximum Gasteiger partial charge on any atom is 0.164 e. The summed E-state index contributed by atoms with van der Waals surface area (Å²) in [4.78, 5) is 15.2. The van der Waals surface area contributed by atoms with Crippen molar-refractivity contribution in [3.05, 3.63) is 194 Å². The average molecular weight is 717 g/mol. The first kappa shape index (κ1) is 31.9. The van der Waals surface area contributed by atoms with Crippen LogP contribution >= 0.6 is 0 Å². The second-order valence-electron chi connectivity index (χ2n) is 14.0. The lowest BCUT2D eigenvalue weighted by Gasteiger charge is -2.10. The van der Waals surface area contributed by atoms with Gasteiger partial charge in [0, 0.05) is 38.2 Å². The highest BCUT2D eigenvalue weighted by Crippen LogP contribution is 2.40. The summed E-state index contributed by atoms with van der Waals surface area (Å²) in [6.07, 6.45) is 0. The van der Waals surface area contributed by atoms with Gasteiger partial charge in [-0.2, -0.15) is 0 Å². The number of benzene rings is 8. The van der Waals surface area contributed by atoms with Crippen LogP contribution in [0.1, 0.15) is 0 Å². The van der Waals surface area contributed by atoms with E-state index in [0.717, 1.165) is 77.2 Å². The van der Waals surface area contributed by atoms with Crippen molar-refractivity contribution in [1.29, 1.82) is 0 Å². The summed E-state index contributed by atoms with van der Waals surface area (Å²) < 4.78 is 9.00. The molecule has 8 aromatic carbocycles. The molecule has 56 heavy (non-hydrogen) atoms. The van der Waals surface area contributed by atoms with Gasteiger partial charge in [-0.15, -0.1) is 0 Å². The lowest BCUT2D eigenvalue weighted by Crippen LogP contribution is -2.00. The molecule has 0 saturated carbocycles. The maximum atomic E-state index is 6.68. The van der Waals surface area contributed by atoms with Crippen molar-refractivity contribution in [2.75, 3.05) is 0 Å². The van der Waals surface area contributed by atoms with Gasteiger partial charge in [0.25, 0.3) is 0 Å². The summed E-state index contributed by atoms with van der Waals surface area (Å²) in [6.45, 7) is 0. The van der Waals surface area contributed by atoms with Gasteiger partial charge >= 0.3 is 0 Å². The molecule has 5 nitrogen and oxygen atoms in total. The third-order valence-corrected chi connectivity index (χ3v) is 10.7. The standard InChI is InChI=1S/C51H32N4O/c1-4-13-33(14-5-1)35-23-25-37(26-24-35)50-52-49(36-17-8-3-9-18-36)53-51(54-50)39-27-29-45-42(32-39)40-19-10-11-21-44(40)55(45)46-22-12-20-41-43-31-38(34-15-6-2-7-16-34)28-30-47(43)56-48(41)46/h1-32H. The van der Waals surface area contributed by atoms with Crippen molar-refractivity contribution >= 4 is 43.7 Å². The Morgan fingerprint density at radius 2 is 0.804 bits per heavy atom. The van der Waals surface area contributed by atoms with Crippen molar-refractivity contribution < 1.29 is 4.42 Å². The second-order valence-corrected chi connectivity index (χ2v) is 14.0. The Kier molecular flexibility index (Phi) is 7.42. The van der Waals surface area contributed by atoms with E-state index in [-0.39, 0.29) is 0 Å². The Morgan fingerprint density at radius 3 is 1.52 bits per heavy atom. The summed E-state index contributed by atoms with van der Waals surface area (Å²) in [5, 5.41) is 4.42. The number of aromatic nitrogens is 4. The van der Waals surface area contributed by atoms with Gasteiger partial charge in [-0.1, -0.05) is 152 Å². The molecular formula is C51H32N4O. The highest BCUT2D eigenvalue weighted by Gasteiger charge is 2.20. The fraction of sp³-hybridized carbons (Fsp3) is 0. The topological polar surface area (TPSA) is 56.7 Å². The zero-order valence-corrected chi connectivity index (χ0v) is 30.2. The molecule has 11 aromatic rings. The van der Waals surface area contributed by atoms with Crippen LogP contribution in [0.2, 0.25) is 0 Å². The van der Waals surface area contributed by atoms with E-state index in [1.165, 1.54) is 11.1 Å². The van der Waals surface area contributed by atoms with E-state index in [2.05, 4.69) is 156 Å². The van der Waals surface area contributed by atoms with Crippen molar-refractivity contribution in [3.8, 4) is 62.1 Å². The monoisotopic (exact) mass is 716 g/mol. The van der Waals surface area contributed by atoms with Crippen LogP contribution in [-0.4, -0.2) is 19.5 Å². The van der Waals surface area contributed by atoms with Crippen LogP contribution in [-0.2, 0) is 0 Å². The molecule has 0 N–H and O–H groups in total. The first-order valence-electron chi connectivity index (χ1n) is 18.8. The zero-order chi connectivity index (χ0) is 37.0. The largest absolute Gasteiger partial charge is 0.454 e. The van der Waals surface area contributed by atoms with E-state index in [9.17, 15) is 0 Å². The minimum atomic E-state index is 0.619. The molecule has 0 aliphatic rings. The zero-order valence-electron chi connectivity index (χ0n) is 30.2. The van der Waals surface area contributed by atoms with E-state index in [1.54, 1.807) is 0 Å². The first-order valence-corrected chi connectivity index (χ1v) is 18.8. The van der Waals surface area contributed by atoms with Gasteiger partial charge in [0.05, 0.1) is 16.7 Å². The Morgan fingerprint density at radius 1 is 0.321 bits per heavy atom. The molecule has 0 spiro atoms. The molecule has 0 fully saturated rings.